The van der Waals surface area contributed by atoms with Crippen LogP contribution in [0.5, 0.6) is 0 Å². The fourth-order valence-electron chi connectivity index (χ4n) is 0.300. The van der Waals surface area contributed by atoms with Gasteiger partial charge in [-0.3, -0.25) is 0 Å². The summed E-state index contributed by atoms with van der Waals surface area (Å²) in [5.41, 5.74) is 0. The van der Waals surface area contributed by atoms with Crippen LogP contribution < -0.4 is 24.8 Å². The smallest absolute Gasteiger partial charge is 0.101 e. The first-order valence-electron chi connectivity index (χ1n) is 3.61. The molecule has 0 amide bonds. The Morgan fingerprint density at radius 2 is 1.07 bits per heavy atom. The first-order valence-corrected chi connectivity index (χ1v) is 3.61. The summed E-state index contributed by atoms with van der Waals surface area (Å²) >= 11 is 0. The molecule has 0 atom stereocenters. The predicted molar refractivity (Wildman–Crippen MR) is 44.2 cm³/mol. The van der Waals surface area contributed by atoms with Gasteiger partial charge in [-0.05, 0) is 0 Å². The molecule has 0 unspecified atom stereocenters. The summed E-state index contributed by atoms with van der Waals surface area (Å²) in [6, 6.07) is 0. The molecule has 0 rings (SSSR count). The van der Waals surface area contributed by atoms with Gasteiger partial charge in [0, 0.05) is 19.5 Å². The third-order valence-electron chi connectivity index (χ3n) is 0.871. The number of halogens is 2. The number of nitrogens with zero attached hydrogens (tertiary/aromatic N) is 1. The van der Waals surface area contributed by atoms with E-state index in [1.807, 2.05) is 0 Å². The topological polar surface area (TPSA) is 60.7 Å². The minimum absolute atomic E-state index is 0. The number of hydrogen-bond acceptors (Lipinski definition) is 3. The molecule has 0 aromatic heterocycles. The maximum absolute atomic E-state index is 8.39. The van der Waals surface area contributed by atoms with Gasteiger partial charge in [0.25, 0.3) is 0 Å². The summed E-state index contributed by atoms with van der Waals surface area (Å²) < 4.78 is 0.844. The predicted octanol–water partition coefficient (Wildman–Crippen LogP) is -7.34. The van der Waals surface area contributed by atoms with Crippen LogP contribution in [0.25, 0.3) is 0 Å². The Morgan fingerprint density at radius 3 is 1.07 bits per heavy atom. The molecule has 0 aromatic rings. The second kappa shape index (κ2) is 19.6. The third kappa shape index (κ3) is 51.8. The number of aliphatic hydroxyl groups is 3. The maximum atomic E-state index is 8.39. The zero-order valence-electron chi connectivity index (χ0n) is 9.08. The summed E-state index contributed by atoms with van der Waals surface area (Å²) in [6.07, 6.45) is 0. The number of likely N-dealkylation sites (N-methyl/N-ethyl adjacent to an activating group) is 1. The van der Waals surface area contributed by atoms with Crippen LogP contribution in [-0.4, -0.2) is 67.3 Å². The van der Waals surface area contributed by atoms with Crippen molar-refractivity contribution >= 4 is 0 Å². The van der Waals surface area contributed by atoms with Gasteiger partial charge in [0.15, 0.2) is 0 Å². The molecule has 0 heterocycles. The zero-order valence-corrected chi connectivity index (χ0v) is 13.6. The van der Waals surface area contributed by atoms with E-state index in [1.165, 1.54) is 0 Å². The summed E-state index contributed by atoms with van der Waals surface area (Å²) in [4.78, 5) is 0. The zero-order chi connectivity index (χ0) is 9.33. The first kappa shape index (κ1) is 29.4. The van der Waals surface area contributed by atoms with Crippen molar-refractivity contribution in [3.05, 3.63) is 0 Å². The Morgan fingerprint density at radius 1 is 0.786 bits per heavy atom. The molecule has 7 heteroatoms. The quantitative estimate of drug-likeness (QED) is 0.359. The number of hydrogen-bond donors (Lipinski definition) is 3. The van der Waals surface area contributed by atoms with Gasteiger partial charge >= 0.3 is 0 Å². The molecular weight excluding hydrogens is 282 g/mol. The van der Waals surface area contributed by atoms with Crippen LogP contribution in [0.4, 0.5) is 0 Å². The monoisotopic (exact) mass is 300 g/mol. The minimum atomic E-state index is -0.125. The summed E-state index contributed by atoms with van der Waals surface area (Å²) in [5, 5.41) is 23.6. The molecule has 0 saturated heterocycles. The van der Waals surface area contributed by atoms with Gasteiger partial charge in [0.05, 0.1) is 41.0 Å². The van der Waals surface area contributed by atoms with Crippen molar-refractivity contribution in [3.63, 3.8) is 0 Å². The van der Waals surface area contributed by atoms with E-state index in [4.69, 9.17) is 15.3 Å². The average Bonchev–Trinajstić information content (AvgIpc) is 1.86. The van der Waals surface area contributed by atoms with E-state index in [0.717, 1.165) is 11.0 Å². The fraction of sp³-hybridized carbons (Fsp3) is 1.00. The van der Waals surface area contributed by atoms with Crippen LogP contribution >= 0.6 is 0 Å². The molecule has 0 aromatic carbocycles. The molecule has 0 bridgehead atoms. The Hall–Kier alpha value is 1.04. The van der Waals surface area contributed by atoms with Gasteiger partial charge in [-0.25, -0.2) is 0 Å². The van der Waals surface area contributed by atoms with E-state index >= 15 is 0 Å². The molecule has 0 saturated carbocycles. The van der Waals surface area contributed by atoms with E-state index in [9.17, 15) is 0 Å². The Bertz CT molecular complexity index is 81.8. The van der Waals surface area contributed by atoms with Gasteiger partial charge in [0.2, 0.25) is 0 Å². The normalized spacial score (nSPS) is 8.14. The van der Waals surface area contributed by atoms with E-state index in [1.54, 1.807) is 0 Å². The molecule has 88 valence electrons. The Balaban J connectivity index is -0.0000000347. The van der Waals surface area contributed by atoms with Crippen LogP contribution in [0.1, 0.15) is 0 Å². The van der Waals surface area contributed by atoms with Crippen molar-refractivity contribution in [2.24, 2.45) is 0 Å². The molecule has 14 heavy (non-hydrogen) atoms. The molecular formula is C7H20Cl2NO3Zn-. The fourth-order valence-corrected chi connectivity index (χ4v) is 0.300. The largest absolute Gasteiger partial charge is 1.00 e. The number of aliphatic hydroxyl groups excluding tert-OH is 3. The number of rotatable bonds is 3. The van der Waals surface area contributed by atoms with Gasteiger partial charge in [-0.2, -0.15) is 0 Å². The molecule has 0 fully saturated rings. The summed E-state index contributed by atoms with van der Waals surface area (Å²) in [7, 11) is 6.16. The molecule has 0 aliphatic heterocycles. The summed E-state index contributed by atoms with van der Waals surface area (Å²) in [5.74, 6) is 0. The second-order valence-corrected chi connectivity index (χ2v) is 3.18. The van der Waals surface area contributed by atoms with Crippen molar-refractivity contribution in [1.82, 2.24) is 0 Å². The standard InChI is InChI=1S/C5H14NO.C2H6O2.2ClH.Zn/c1-6(2,3)4-5-7;3-1-2-4;;;/h7H,4-5H2,1-3H3;3-4H,1-2H2;2*1H;/q+1;;;;/p-2. The van der Waals surface area contributed by atoms with E-state index < -0.39 is 0 Å². The van der Waals surface area contributed by atoms with Gasteiger partial charge in [0.1, 0.15) is 6.54 Å². The molecule has 0 aliphatic rings. The SMILES string of the molecule is C[N+](C)(C)CCO.OCCO.[Cl-].[Cl-].[Zn]. The molecule has 4 nitrogen and oxygen atoms in total. The third-order valence-corrected chi connectivity index (χ3v) is 0.871. The van der Waals surface area contributed by atoms with Gasteiger partial charge in [-0.15, -0.1) is 0 Å². The Labute approximate surface area is 111 Å². The van der Waals surface area contributed by atoms with Crippen LogP contribution in [0.15, 0.2) is 0 Å². The van der Waals surface area contributed by atoms with E-state index in [-0.39, 0.29) is 64.1 Å². The summed E-state index contributed by atoms with van der Waals surface area (Å²) in [6.45, 7) is 0.865. The molecule has 0 radical (unpaired) electrons. The number of quaternary nitrogens is 1. The first-order chi connectivity index (χ1) is 4.97. The minimum Gasteiger partial charge on any atom is -1.00 e. The maximum Gasteiger partial charge on any atom is 0.101 e. The van der Waals surface area contributed by atoms with E-state index in [2.05, 4.69) is 21.1 Å². The van der Waals surface area contributed by atoms with Crippen LogP contribution in [0, 0.1) is 0 Å². The van der Waals surface area contributed by atoms with Crippen molar-refractivity contribution in [1.29, 1.82) is 0 Å². The van der Waals surface area contributed by atoms with Crippen molar-refractivity contribution in [2.75, 3.05) is 47.5 Å². The van der Waals surface area contributed by atoms with Crippen molar-refractivity contribution in [3.8, 4) is 0 Å². The molecule has 0 spiro atoms. The van der Waals surface area contributed by atoms with Crippen LogP contribution in [0.2, 0.25) is 0 Å². The average molecular weight is 303 g/mol. The Kier molecular flexibility index (Phi) is 41.2. The van der Waals surface area contributed by atoms with Crippen molar-refractivity contribution in [2.45, 2.75) is 0 Å². The van der Waals surface area contributed by atoms with Crippen LogP contribution in [-0.2, 0) is 19.5 Å². The van der Waals surface area contributed by atoms with Gasteiger partial charge in [-0.1, -0.05) is 0 Å². The molecule has 3 N–H and O–H groups in total. The van der Waals surface area contributed by atoms with Gasteiger partial charge < -0.3 is 44.6 Å². The van der Waals surface area contributed by atoms with Crippen LogP contribution in [0.3, 0.4) is 0 Å². The second-order valence-electron chi connectivity index (χ2n) is 3.18. The van der Waals surface area contributed by atoms with Crippen molar-refractivity contribution < 1.29 is 64.1 Å². The van der Waals surface area contributed by atoms with E-state index in [0.29, 0.717) is 0 Å². The molecule has 0 aliphatic carbocycles.